The first kappa shape index (κ1) is 16.5. The molecule has 0 saturated carbocycles. The molecule has 1 aliphatic rings. The predicted octanol–water partition coefficient (Wildman–Crippen LogP) is 2.31. The van der Waals surface area contributed by atoms with Crippen LogP contribution in [0, 0.1) is 0 Å². The molecule has 2 rings (SSSR count). The van der Waals surface area contributed by atoms with Crippen molar-refractivity contribution in [3.8, 4) is 0 Å². The molecular weight excluding hydrogens is 280 g/mol. The van der Waals surface area contributed by atoms with Gasteiger partial charge in [-0.2, -0.15) is 0 Å². The average molecular weight is 306 g/mol. The fraction of sp³-hybridized carbons (Fsp3) is 0.625. The van der Waals surface area contributed by atoms with Crippen LogP contribution in [-0.2, 0) is 0 Å². The Balaban J connectivity index is 2.10. The van der Waals surface area contributed by atoms with E-state index in [1.54, 1.807) is 11.1 Å². The highest BCUT2D eigenvalue weighted by atomic mass is 16.3. The van der Waals surface area contributed by atoms with Gasteiger partial charge in [0, 0.05) is 38.5 Å². The van der Waals surface area contributed by atoms with Gasteiger partial charge < -0.3 is 20.2 Å². The number of hydrogen-bond acceptors (Lipinski definition) is 4. The second-order valence-corrected chi connectivity index (χ2v) is 5.86. The molecule has 2 N–H and O–H groups in total. The van der Waals surface area contributed by atoms with Gasteiger partial charge in [-0.05, 0) is 45.2 Å². The van der Waals surface area contributed by atoms with Crippen molar-refractivity contribution in [2.45, 2.75) is 39.2 Å². The number of hydrogen-bond donors (Lipinski definition) is 2. The second kappa shape index (κ2) is 7.98. The molecule has 0 radical (unpaired) electrons. The molecule has 0 bridgehead atoms. The second-order valence-electron chi connectivity index (χ2n) is 5.86. The van der Waals surface area contributed by atoms with E-state index < -0.39 is 0 Å². The number of carbonyl (C=O) groups excluding carboxylic acids is 1. The van der Waals surface area contributed by atoms with Gasteiger partial charge in [-0.1, -0.05) is 0 Å². The van der Waals surface area contributed by atoms with E-state index in [0.29, 0.717) is 13.0 Å². The molecule has 2 heterocycles. The molecule has 0 atom stereocenters. The van der Waals surface area contributed by atoms with Crippen LogP contribution >= 0.6 is 0 Å². The summed E-state index contributed by atoms with van der Waals surface area (Å²) >= 11 is 0. The van der Waals surface area contributed by atoms with Crippen LogP contribution < -0.4 is 10.2 Å². The first-order valence-electron chi connectivity index (χ1n) is 8.02. The van der Waals surface area contributed by atoms with Crippen LogP contribution in [0.3, 0.4) is 0 Å². The molecule has 122 valence electrons. The molecule has 1 saturated heterocycles. The topological polar surface area (TPSA) is 68.7 Å². The Morgan fingerprint density at radius 2 is 2.18 bits per heavy atom. The lowest BCUT2D eigenvalue weighted by molar-refractivity contribution is 0.186. The molecule has 0 aromatic carbocycles. The van der Waals surface area contributed by atoms with Crippen LogP contribution in [0.15, 0.2) is 18.3 Å². The van der Waals surface area contributed by atoms with E-state index in [-0.39, 0.29) is 18.7 Å². The van der Waals surface area contributed by atoms with E-state index in [9.17, 15) is 4.79 Å². The number of rotatable bonds is 6. The molecule has 1 aromatic heterocycles. The van der Waals surface area contributed by atoms with E-state index >= 15 is 0 Å². The zero-order valence-electron chi connectivity index (χ0n) is 13.5. The van der Waals surface area contributed by atoms with E-state index in [1.165, 1.54) is 12.8 Å². The molecule has 2 amide bonds. The molecule has 22 heavy (non-hydrogen) atoms. The van der Waals surface area contributed by atoms with Crippen LogP contribution in [0.25, 0.3) is 0 Å². The highest BCUT2D eigenvalue weighted by molar-refractivity contribution is 5.92. The SMILES string of the molecule is CC(C)N(CCCO)C(=O)Nc1cccnc1N1CCCC1. The summed E-state index contributed by atoms with van der Waals surface area (Å²) in [5.74, 6) is 0.846. The number of urea groups is 1. The first-order chi connectivity index (χ1) is 10.6. The Hall–Kier alpha value is -1.82. The van der Waals surface area contributed by atoms with Crippen LogP contribution in [0.5, 0.6) is 0 Å². The predicted molar refractivity (Wildman–Crippen MR) is 88.2 cm³/mol. The lowest BCUT2D eigenvalue weighted by Gasteiger charge is -2.28. The fourth-order valence-electron chi connectivity index (χ4n) is 2.70. The van der Waals surface area contributed by atoms with Crippen molar-refractivity contribution in [1.82, 2.24) is 9.88 Å². The van der Waals surface area contributed by atoms with Crippen molar-refractivity contribution >= 4 is 17.5 Å². The number of aliphatic hydroxyl groups excluding tert-OH is 1. The average Bonchev–Trinajstić information content (AvgIpc) is 3.02. The number of aromatic nitrogens is 1. The number of anilines is 2. The van der Waals surface area contributed by atoms with Crippen LogP contribution in [0.1, 0.15) is 33.1 Å². The van der Waals surface area contributed by atoms with Crippen LogP contribution in [0.4, 0.5) is 16.3 Å². The van der Waals surface area contributed by atoms with Gasteiger partial charge >= 0.3 is 6.03 Å². The Morgan fingerprint density at radius 3 is 2.82 bits per heavy atom. The molecule has 1 aliphatic heterocycles. The molecule has 1 fully saturated rings. The molecule has 6 nitrogen and oxygen atoms in total. The third-order valence-electron chi connectivity index (χ3n) is 3.88. The summed E-state index contributed by atoms with van der Waals surface area (Å²) in [6.45, 7) is 6.54. The minimum Gasteiger partial charge on any atom is -0.396 e. The Bertz CT molecular complexity index is 487. The maximum absolute atomic E-state index is 12.5. The maximum atomic E-state index is 12.5. The van der Waals surface area contributed by atoms with Gasteiger partial charge in [0.15, 0.2) is 5.82 Å². The summed E-state index contributed by atoms with van der Waals surface area (Å²) in [7, 11) is 0. The van der Waals surface area contributed by atoms with Gasteiger partial charge in [-0.25, -0.2) is 9.78 Å². The number of pyridine rings is 1. The summed E-state index contributed by atoms with van der Waals surface area (Å²) in [5.41, 5.74) is 0.754. The number of carbonyl (C=O) groups is 1. The monoisotopic (exact) mass is 306 g/mol. The summed E-state index contributed by atoms with van der Waals surface area (Å²) in [4.78, 5) is 20.9. The van der Waals surface area contributed by atoms with E-state index in [4.69, 9.17) is 5.11 Å². The minimum absolute atomic E-state index is 0.0819. The van der Waals surface area contributed by atoms with Crippen molar-refractivity contribution in [2.24, 2.45) is 0 Å². The molecule has 0 spiro atoms. The fourth-order valence-corrected chi connectivity index (χ4v) is 2.70. The highest BCUT2D eigenvalue weighted by Gasteiger charge is 2.21. The van der Waals surface area contributed by atoms with Crippen molar-refractivity contribution in [3.63, 3.8) is 0 Å². The summed E-state index contributed by atoms with van der Waals surface area (Å²) in [6, 6.07) is 3.67. The zero-order valence-corrected chi connectivity index (χ0v) is 13.5. The molecular formula is C16H26N4O2. The number of nitrogens with zero attached hydrogens (tertiary/aromatic N) is 3. The van der Waals surface area contributed by atoms with E-state index in [0.717, 1.165) is 24.6 Å². The number of nitrogens with one attached hydrogen (secondary N) is 1. The summed E-state index contributed by atoms with van der Waals surface area (Å²) in [6.07, 6.45) is 4.67. The van der Waals surface area contributed by atoms with Gasteiger partial charge in [0.2, 0.25) is 0 Å². The van der Waals surface area contributed by atoms with E-state index in [2.05, 4.69) is 15.2 Å². The lowest BCUT2D eigenvalue weighted by atomic mass is 10.3. The van der Waals surface area contributed by atoms with Crippen LogP contribution in [0.2, 0.25) is 0 Å². The van der Waals surface area contributed by atoms with Crippen molar-refractivity contribution in [1.29, 1.82) is 0 Å². The third-order valence-corrected chi connectivity index (χ3v) is 3.88. The molecule has 0 aliphatic carbocycles. The van der Waals surface area contributed by atoms with Crippen LogP contribution in [-0.4, -0.2) is 53.3 Å². The van der Waals surface area contributed by atoms with Crippen molar-refractivity contribution in [3.05, 3.63) is 18.3 Å². The number of aliphatic hydroxyl groups is 1. The molecule has 6 heteroatoms. The highest BCUT2D eigenvalue weighted by Crippen LogP contribution is 2.26. The smallest absolute Gasteiger partial charge is 0.322 e. The zero-order chi connectivity index (χ0) is 15.9. The lowest BCUT2D eigenvalue weighted by Crippen LogP contribution is -2.41. The Morgan fingerprint density at radius 1 is 1.45 bits per heavy atom. The third kappa shape index (κ3) is 4.10. The standard InChI is InChI=1S/C16H26N4O2/c1-13(2)20(11-6-12-21)16(22)18-14-7-5-8-17-15(14)19-9-3-4-10-19/h5,7-8,13,21H,3-4,6,9-12H2,1-2H3,(H,18,22). The van der Waals surface area contributed by atoms with Gasteiger partial charge in [0.25, 0.3) is 0 Å². The van der Waals surface area contributed by atoms with Gasteiger partial charge in [0.1, 0.15) is 0 Å². The normalized spacial score (nSPS) is 14.5. The largest absolute Gasteiger partial charge is 0.396 e. The van der Waals surface area contributed by atoms with Gasteiger partial charge in [0.05, 0.1) is 5.69 Å². The maximum Gasteiger partial charge on any atom is 0.322 e. The van der Waals surface area contributed by atoms with E-state index in [1.807, 2.05) is 26.0 Å². The quantitative estimate of drug-likeness (QED) is 0.846. The Kier molecular flexibility index (Phi) is 6.00. The number of amides is 2. The first-order valence-corrected chi connectivity index (χ1v) is 8.02. The summed E-state index contributed by atoms with van der Waals surface area (Å²) in [5, 5.41) is 12.0. The van der Waals surface area contributed by atoms with Gasteiger partial charge in [-0.15, -0.1) is 0 Å². The van der Waals surface area contributed by atoms with Gasteiger partial charge in [-0.3, -0.25) is 0 Å². The van der Waals surface area contributed by atoms with Crippen molar-refractivity contribution < 1.29 is 9.90 Å². The Labute approximate surface area is 132 Å². The van der Waals surface area contributed by atoms with Crippen molar-refractivity contribution in [2.75, 3.05) is 36.5 Å². The molecule has 1 aromatic rings. The minimum atomic E-state index is -0.142. The molecule has 0 unspecified atom stereocenters. The summed E-state index contributed by atoms with van der Waals surface area (Å²) < 4.78 is 0.